The summed E-state index contributed by atoms with van der Waals surface area (Å²) in [5, 5.41) is 5.13. The summed E-state index contributed by atoms with van der Waals surface area (Å²) in [6, 6.07) is 15.1. The van der Waals surface area contributed by atoms with Gasteiger partial charge in [0.2, 0.25) is 0 Å². The van der Waals surface area contributed by atoms with E-state index in [-0.39, 0.29) is 0 Å². The number of hydrogen-bond acceptors (Lipinski definition) is 1. The van der Waals surface area contributed by atoms with Gasteiger partial charge in [0.15, 0.2) is 0 Å². The fourth-order valence-electron chi connectivity index (χ4n) is 3.05. The monoisotopic (exact) mass is 246 g/mol. The lowest BCUT2D eigenvalue weighted by Gasteiger charge is -2.03. The van der Waals surface area contributed by atoms with Crippen LogP contribution in [0.25, 0.3) is 32.6 Å². The van der Waals surface area contributed by atoms with Crippen molar-refractivity contribution < 1.29 is 0 Å². The highest BCUT2D eigenvalue weighted by molar-refractivity contribution is 6.20. The Labute approximate surface area is 111 Å². The third kappa shape index (κ3) is 1.34. The van der Waals surface area contributed by atoms with Gasteiger partial charge in [-0.15, -0.1) is 0 Å². The van der Waals surface area contributed by atoms with Crippen LogP contribution in [-0.4, -0.2) is 9.55 Å². The Balaban J connectivity index is 2.37. The average Bonchev–Trinajstić information content (AvgIpc) is 2.81. The van der Waals surface area contributed by atoms with Crippen LogP contribution >= 0.6 is 0 Å². The van der Waals surface area contributed by atoms with E-state index in [1.807, 2.05) is 12.4 Å². The Kier molecular flexibility index (Phi) is 2.12. The van der Waals surface area contributed by atoms with E-state index in [4.69, 9.17) is 0 Å². The van der Waals surface area contributed by atoms with E-state index in [9.17, 15) is 0 Å². The number of hydrogen-bond donors (Lipinski definition) is 0. The molecule has 0 bridgehead atoms. The van der Waals surface area contributed by atoms with Crippen LogP contribution in [0.5, 0.6) is 0 Å². The van der Waals surface area contributed by atoms with Gasteiger partial charge in [-0.1, -0.05) is 24.3 Å². The quantitative estimate of drug-likeness (QED) is 0.488. The van der Waals surface area contributed by atoms with E-state index in [0.717, 1.165) is 6.54 Å². The molecular formula is C17H14N2. The van der Waals surface area contributed by atoms with E-state index in [1.54, 1.807) is 0 Å². The minimum Gasteiger partial charge on any atom is -0.341 e. The molecule has 19 heavy (non-hydrogen) atoms. The maximum absolute atomic E-state index is 4.30. The lowest BCUT2D eigenvalue weighted by Crippen LogP contribution is -1.92. The molecule has 0 saturated carbocycles. The first-order valence-corrected chi connectivity index (χ1v) is 6.64. The van der Waals surface area contributed by atoms with E-state index >= 15 is 0 Å². The van der Waals surface area contributed by atoms with Gasteiger partial charge in [-0.3, -0.25) is 4.98 Å². The van der Waals surface area contributed by atoms with Crippen molar-refractivity contribution in [3.05, 3.63) is 54.9 Å². The largest absolute Gasteiger partial charge is 0.341 e. The molecule has 0 amide bonds. The van der Waals surface area contributed by atoms with Crippen molar-refractivity contribution in [3.8, 4) is 0 Å². The third-order valence-electron chi connectivity index (χ3n) is 3.87. The number of pyridine rings is 1. The second-order valence-corrected chi connectivity index (χ2v) is 4.82. The molecule has 2 heteroatoms. The van der Waals surface area contributed by atoms with Gasteiger partial charge < -0.3 is 4.57 Å². The van der Waals surface area contributed by atoms with Crippen LogP contribution in [0.4, 0.5) is 0 Å². The Morgan fingerprint density at radius 2 is 1.84 bits per heavy atom. The average molecular weight is 246 g/mol. The van der Waals surface area contributed by atoms with Crippen molar-refractivity contribution in [2.24, 2.45) is 0 Å². The van der Waals surface area contributed by atoms with E-state index in [1.165, 1.54) is 32.6 Å². The Morgan fingerprint density at radius 1 is 0.947 bits per heavy atom. The van der Waals surface area contributed by atoms with Gasteiger partial charge in [-0.2, -0.15) is 0 Å². The smallest absolute Gasteiger partial charge is 0.0498 e. The molecule has 0 aliphatic rings. The summed E-state index contributed by atoms with van der Waals surface area (Å²) in [6.45, 7) is 3.18. The normalized spacial score (nSPS) is 11.6. The first kappa shape index (κ1) is 10.6. The number of benzene rings is 2. The lowest BCUT2D eigenvalue weighted by atomic mass is 10.1. The zero-order chi connectivity index (χ0) is 12.8. The summed E-state index contributed by atoms with van der Waals surface area (Å²) >= 11 is 0. The van der Waals surface area contributed by atoms with Crippen LogP contribution in [0.1, 0.15) is 6.92 Å². The van der Waals surface area contributed by atoms with Crippen molar-refractivity contribution in [2.75, 3.05) is 0 Å². The van der Waals surface area contributed by atoms with Gasteiger partial charge in [0.25, 0.3) is 0 Å². The maximum Gasteiger partial charge on any atom is 0.0498 e. The molecule has 0 fully saturated rings. The summed E-state index contributed by atoms with van der Waals surface area (Å²) in [4.78, 5) is 4.30. The van der Waals surface area contributed by atoms with Crippen LogP contribution in [0.3, 0.4) is 0 Å². The number of para-hydroxylation sites is 1. The Bertz CT molecular complexity index is 903. The number of fused-ring (bicyclic) bond motifs is 5. The van der Waals surface area contributed by atoms with Crippen molar-refractivity contribution in [3.63, 3.8) is 0 Å². The number of aromatic nitrogens is 2. The first-order chi connectivity index (χ1) is 9.40. The minimum absolute atomic E-state index is 0.982. The van der Waals surface area contributed by atoms with Crippen LogP contribution in [-0.2, 0) is 6.54 Å². The first-order valence-electron chi connectivity index (χ1n) is 6.64. The van der Waals surface area contributed by atoms with Crippen LogP contribution < -0.4 is 0 Å². The van der Waals surface area contributed by atoms with Crippen LogP contribution in [0.15, 0.2) is 54.9 Å². The van der Waals surface area contributed by atoms with Crippen LogP contribution in [0.2, 0.25) is 0 Å². The molecular weight excluding hydrogens is 232 g/mol. The fourth-order valence-corrected chi connectivity index (χ4v) is 3.05. The highest BCUT2D eigenvalue weighted by Gasteiger charge is 2.11. The van der Waals surface area contributed by atoms with Gasteiger partial charge in [0.1, 0.15) is 0 Å². The molecule has 2 heterocycles. The highest BCUT2D eigenvalue weighted by atomic mass is 15.0. The molecule has 0 atom stereocenters. The Morgan fingerprint density at radius 3 is 2.74 bits per heavy atom. The maximum atomic E-state index is 4.30. The second kappa shape index (κ2) is 3.82. The molecule has 0 unspecified atom stereocenters. The third-order valence-corrected chi connectivity index (χ3v) is 3.87. The molecule has 2 aromatic heterocycles. The molecule has 92 valence electrons. The van der Waals surface area contributed by atoms with E-state index in [2.05, 4.69) is 58.9 Å². The summed E-state index contributed by atoms with van der Waals surface area (Å²) in [5.41, 5.74) is 2.60. The standard InChI is InChI=1S/C17H14N2/c1-2-19-15-6-4-3-5-13(15)17-14-11-18-10-9-12(14)7-8-16(17)19/h3-11H,2H2,1H3. The molecule has 0 spiro atoms. The molecule has 0 aliphatic carbocycles. The summed E-state index contributed by atoms with van der Waals surface area (Å²) < 4.78 is 2.37. The summed E-state index contributed by atoms with van der Waals surface area (Å²) in [7, 11) is 0. The Hall–Kier alpha value is -2.35. The minimum atomic E-state index is 0.982. The SMILES string of the molecule is CCn1c2ccccc2c2c3cnccc3ccc21. The molecule has 0 aliphatic heterocycles. The number of nitrogens with zero attached hydrogens (tertiary/aromatic N) is 2. The van der Waals surface area contributed by atoms with Gasteiger partial charge in [0.05, 0.1) is 0 Å². The molecule has 4 aromatic rings. The molecule has 0 saturated heterocycles. The lowest BCUT2D eigenvalue weighted by molar-refractivity contribution is 0.827. The van der Waals surface area contributed by atoms with Crippen molar-refractivity contribution in [1.82, 2.24) is 9.55 Å². The van der Waals surface area contributed by atoms with Crippen molar-refractivity contribution >= 4 is 32.6 Å². The van der Waals surface area contributed by atoms with E-state index < -0.39 is 0 Å². The van der Waals surface area contributed by atoms with Gasteiger partial charge in [0, 0.05) is 46.1 Å². The molecule has 4 rings (SSSR count). The highest BCUT2D eigenvalue weighted by Crippen LogP contribution is 2.34. The molecule has 0 N–H and O–H groups in total. The molecule has 2 nitrogen and oxygen atoms in total. The predicted molar refractivity (Wildman–Crippen MR) is 80.4 cm³/mol. The van der Waals surface area contributed by atoms with Crippen LogP contribution in [0, 0.1) is 0 Å². The number of rotatable bonds is 1. The topological polar surface area (TPSA) is 17.8 Å². The summed E-state index contributed by atoms with van der Waals surface area (Å²) in [5.74, 6) is 0. The van der Waals surface area contributed by atoms with Gasteiger partial charge >= 0.3 is 0 Å². The fraction of sp³-hybridized carbons (Fsp3) is 0.118. The van der Waals surface area contributed by atoms with Crippen molar-refractivity contribution in [2.45, 2.75) is 13.5 Å². The molecule has 2 aromatic carbocycles. The van der Waals surface area contributed by atoms with Crippen molar-refractivity contribution in [1.29, 1.82) is 0 Å². The zero-order valence-corrected chi connectivity index (χ0v) is 10.8. The predicted octanol–water partition coefficient (Wildman–Crippen LogP) is 4.36. The van der Waals surface area contributed by atoms with Gasteiger partial charge in [-0.25, -0.2) is 0 Å². The number of aryl methyl sites for hydroxylation is 1. The molecule has 0 radical (unpaired) electrons. The van der Waals surface area contributed by atoms with E-state index in [0.29, 0.717) is 0 Å². The zero-order valence-electron chi connectivity index (χ0n) is 10.8. The summed E-state index contributed by atoms with van der Waals surface area (Å²) in [6.07, 6.45) is 3.83. The van der Waals surface area contributed by atoms with Gasteiger partial charge in [-0.05, 0) is 30.5 Å². The second-order valence-electron chi connectivity index (χ2n) is 4.82.